The fraction of sp³-hybridized carbons (Fsp3) is 0.0667. The summed E-state index contributed by atoms with van der Waals surface area (Å²) in [5, 5.41) is 5.02. The van der Waals surface area contributed by atoms with Crippen LogP contribution in [-0.4, -0.2) is 31.3 Å². The molecule has 3 aromatic heterocycles. The maximum atomic E-state index is 12.8. The molecule has 0 spiro atoms. The maximum absolute atomic E-state index is 12.8. The Hall–Kier alpha value is -2.93. The molecule has 0 amide bonds. The molecule has 1 aromatic carbocycles. The summed E-state index contributed by atoms with van der Waals surface area (Å²) in [5.74, 6) is 0.987. The lowest BCUT2D eigenvalue weighted by atomic mass is 10.2. The number of hydrogen-bond acceptors (Lipinski definition) is 5. The van der Waals surface area contributed by atoms with E-state index in [0.717, 1.165) is 0 Å². The first kappa shape index (κ1) is 13.7. The van der Waals surface area contributed by atoms with Crippen molar-refractivity contribution in [3.8, 4) is 11.4 Å². The fourth-order valence-electron chi connectivity index (χ4n) is 2.50. The molecule has 0 aliphatic heterocycles. The van der Waals surface area contributed by atoms with Crippen LogP contribution in [0.2, 0.25) is 5.02 Å². The van der Waals surface area contributed by atoms with Gasteiger partial charge in [-0.25, -0.2) is 4.98 Å². The summed E-state index contributed by atoms with van der Waals surface area (Å²) in [7, 11) is 1.54. The summed E-state index contributed by atoms with van der Waals surface area (Å²) in [6, 6.07) is 6.87. The van der Waals surface area contributed by atoms with Crippen molar-refractivity contribution >= 4 is 28.3 Å². The lowest BCUT2D eigenvalue weighted by Gasteiger charge is -2.12. The van der Waals surface area contributed by atoms with Crippen LogP contribution >= 0.6 is 11.6 Å². The van der Waals surface area contributed by atoms with E-state index in [9.17, 15) is 4.79 Å². The Morgan fingerprint density at radius 3 is 2.91 bits per heavy atom. The van der Waals surface area contributed by atoms with Crippen LogP contribution < -0.4 is 10.3 Å². The van der Waals surface area contributed by atoms with Crippen molar-refractivity contribution in [3.63, 3.8) is 0 Å². The highest BCUT2D eigenvalue weighted by Crippen LogP contribution is 2.25. The first-order valence-corrected chi connectivity index (χ1v) is 7.11. The van der Waals surface area contributed by atoms with E-state index in [1.807, 2.05) is 0 Å². The van der Waals surface area contributed by atoms with Crippen molar-refractivity contribution in [2.45, 2.75) is 0 Å². The number of fused-ring (bicyclic) bond motifs is 3. The van der Waals surface area contributed by atoms with Gasteiger partial charge in [-0.05, 0) is 24.3 Å². The molecule has 3 heterocycles. The summed E-state index contributed by atoms with van der Waals surface area (Å²) in [4.78, 5) is 21.0. The van der Waals surface area contributed by atoms with E-state index in [-0.39, 0.29) is 5.56 Å². The van der Waals surface area contributed by atoms with Crippen molar-refractivity contribution in [1.82, 2.24) is 24.1 Å². The standard InChI is InChI=1S/C15H10ClN5O2/c1-23-13-3-2-9(16)6-12(13)20-5-4-11-10(14(20)22)7-17-15-18-8-19-21(11)15/h2-8H,1H3. The minimum Gasteiger partial charge on any atom is -0.495 e. The average molecular weight is 328 g/mol. The lowest BCUT2D eigenvalue weighted by Crippen LogP contribution is -2.19. The third-order valence-electron chi connectivity index (χ3n) is 3.57. The van der Waals surface area contributed by atoms with Crippen LogP contribution in [0.15, 0.2) is 47.8 Å². The molecule has 0 unspecified atom stereocenters. The van der Waals surface area contributed by atoms with E-state index < -0.39 is 0 Å². The highest BCUT2D eigenvalue weighted by molar-refractivity contribution is 6.30. The number of halogens is 1. The smallest absolute Gasteiger partial charge is 0.266 e. The quantitative estimate of drug-likeness (QED) is 0.563. The minimum absolute atomic E-state index is 0.243. The van der Waals surface area contributed by atoms with Crippen molar-refractivity contribution < 1.29 is 4.74 Å². The topological polar surface area (TPSA) is 74.3 Å². The Bertz CT molecular complexity index is 1100. The van der Waals surface area contributed by atoms with Crippen LogP contribution in [-0.2, 0) is 0 Å². The molecule has 0 N–H and O–H groups in total. The van der Waals surface area contributed by atoms with E-state index in [0.29, 0.717) is 33.1 Å². The van der Waals surface area contributed by atoms with Gasteiger partial charge in [0.2, 0.25) is 0 Å². The minimum atomic E-state index is -0.243. The molecular formula is C15H10ClN5O2. The van der Waals surface area contributed by atoms with Gasteiger partial charge in [0.05, 0.1) is 23.7 Å². The molecule has 0 radical (unpaired) electrons. The zero-order valence-corrected chi connectivity index (χ0v) is 12.7. The fourth-order valence-corrected chi connectivity index (χ4v) is 2.67. The van der Waals surface area contributed by atoms with Gasteiger partial charge in [0.25, 0.3) is 11.3 Å². The van der Waals surface area contributed by atoms with Gasteiger partial charge in [-0.15, -0.1) is 0 Å². The second-order valence-corrected chi connectivity index (χ2v) is 5.27. The Kier molecular flexibility index (Phi) is 3.02. The van der Waals surface area contributed by atoms with Crippen LogP contribution in [0.3, 0.4) is 0 Å². The van der Waals surface area contributed by atoms with Crippen LogP contribution in [0.5, 0.6) is 5.75 Å². The van der Waals surface area contributed by atoms with E-state index >= 15 is 0 Å². The van der Waals surface area contributed by atoms with Gasteiger partial charge in [-0.2, -0.15) is 14.6 Å². The summed E-state index contributed by atoms with van der Waals surface area (Å²) in [6.07, 6.45) is 4.54. The molecule has 0 saturated carbocycles. The zero-order chi connectivity index (χ0) is 16.0. The van der Waals surface area contributed by atoms with Gasteiger partial charge >= 0.3 is 0 Å². The van der Waals surface area contributed by atoms with Gasteiger partial charge < -0.3 is 4.74 Å². The number of ether oxygens (including phenoxy) is 1. The van der Waals surface area contributed by atoms with Gasteiger partial charge in [0, 0.05) is 17.4 Å². The lowest BCUT2D eigenvalue weighted by molar-refractivity contribution is 0.412. The molecule has 0 bridgehead atoms. The molecule has 23 heavy (non-hydrogen) atoms. The van der Waals surface area contributed by atoms with E-state index in [1.165, 1.54) is 21.6 Å². The number of aromatic nitrogens is 5. The summed E-state index contributed by atoms with van der Waals surface area (Å²) in [6.45, 7) is 0. The number of nitrogens with zero attached hydrogens (tertiary/aromatic N) is 5. The van der Waals surface area contributed by atoms with E-state index in [4.69, 9.17) is 16.3 Å². The van der Waals surface area contributed by atoms with Gasteiger partial charge in [0.1, 0.15) is 12.1 Å². The second-order valence-electron chi connectivity index (χ2n) is 4.84. The van der Waals surface area contributed by atoms with Gasteiger partial charge in [0.15, 0.2) is 0 Å². The molecule has 0 atom stereocenters. The summed E-state index contributed by atoms with van der Waals surface area (Å²) >= 11 is 6.05. The first-order valence-electron chi connectivity index (χ1n) is 6.73. The van der Waals surface area contributed by atoms with Gasteiger partial charge in [-0.3, -0.25) is 9.36 Å². The molecule has 0 aliphatic carbocycles. The molecule has 114 valence electrons. The van der Waals surface area contributed by atoms with Crippen molar-refractivity contribution in [3.05, 3.63) is 58.4 Å². The normalized spacial score (nSPS) is 11.2. The molecule has 0 aliphatic rings. The molecular weight excluding hydrogens is 318 g/mol. The monoisotopic (exact) mass is 327 g/mol. The molecule has 8 heteroatoms. The Balaban J connectivity index is 2.06. The molecule has 4 rings (SSSR count). The van der Waals surface area contributed by atoms with Crippen molar-refractivity contribution in [1.29, 1.82) is 0 Å². The first-order chi connectivity index (χ1) is 11.2. The van der Waals surface area contributed by atoms with Crippen molar-refractivity contribution in [2.24, 2.45) is 0 Å². The predicted octanol–water partition coefficient (Wildman–Crippen LogP) is 2.09. The molecule has 4 aromatic rings. The Labute approximate surface area is 134 Å². The maximum Gasteiger partial charge on any atom is 0.266 e. The van der Waals surface area contributed by atoms with Crippen molar-refractivity contribution in [2.75, 3.05) is 7.11 Å². The largest absolute Gasteiger partial charge is 0.495 e. The van der Waals surface area contributed by atoms with E-state index in [2.05, 4.69) is 15.1 Å². The third kappa shape index (κ3) is 2.05. The van der Waals surface area contributed by atoms with Crippen LogP contribution in [0, 0.1) is 0 Å². The average Bonchev–Trinajstić information content (AvgIpc) is 3.04. The number of pyridine rings is 1. The molecule has 7 nitrogen and oxygen atoms in total. The van der Waals surface area contributed by atoms with Crippen LogP contribution in [0.4, 0.5) is 0 Å². The molecule has 0 saturated heterocycles. The Morgan fingerprint density at radius 1 is 1.22 bits per heavy atom. The highest BCUT2D eigenvalue weighted by Gasteiger charge is 2.12. The predicted molar refractivity (Wildman–Crippen MR) is 85.4 cm³/mol. The third-order valence-corrected chi connectivity index (χ3v) is 3.81. The van der Waals surface area contributed by atoms with E-state index in [1.54, 1.807) is 37.6 Å². The highest BCUT2D eigenvalue weighted by atomic mass is 35.5. The zero-order valence-electron chi connectivity index (χ0n) is 12.0. The number of benzene rings is 1. The van der Waals surface area contributed by atoms with Gasteiger partial charge in [-0.1, -0.05) is 11.6 Å². The number of hydrogen-bond donors (Lipinski definition) is 0. The number of rotatable bonds is 2. The Morgan fingerprint density at radius 2 is 2.09 bits per heavy atom. The second kappa shape index (κ2) is 5.06. The number of methoxy groups -OCH3 is 1. The summed E-state index contributed by atoms with van der Waals surface area (Å²) in [5.41, 5.74) is 0.952. The van der Waals surface area contributed by atoms with Crippen LogP contribution in [0.1, 0.15) is 0 Å². The summed E-state index contributed by atoms with van der Waals surface area (Å²) < 4.78 is 8.31. The van der Waals surface area contributed by atoms with Crippen LogP contribution in [0.25, 0.3) is 22.4 Å². The molecule has 0 fully saturated rings. The SMILES string of the molecule is COc1ccc(Cl)cc1-n1ccc2c(cnc3ncnn32)c1=O.